The lowest BCUT2D eigenvalue weighted by Gasteiger charge is -2.16. The van der Waals surface area contributed by atoms with Gasteiger partial charge in [-0.25, -0.2) is 23.0 Å². The zero-order valence-electron chi connectivity index (χ0n) is 18.3. The summed E-state index contributed by atoms with van der Waals surface area (Å²) < 4.78 is 68.4. The van der Waals surface area contributed by atoms with E-state index in [0.29, 0.717) is 6.07 Å². The predicted molar refractivity (Wildman–Crippen MR) is 127 cm³/mol. The van der Waals surface area contributed by atoms with Crippen LogP contribution < -0.4 is 31.2 Å². The van der Waals surface area contributed by atoms with Crippen molar-refractivity contribution < 1.29 is 31.5 Å². The Morgan fingerprint density at radius 1 is 1.09 bits per heavy atom. The molecule has 3 aromatic carbocycles. The molecule has 3 aromatic rings. The normalized spacial score (nSPS) is 11.1. The first kappa shape index (κ1) is 26.2. The van der Waals surface area contributed by atoms with Crippen molar-refractivity contribution in [2.75, 3.05) is 25.0 Å². The minimum Gasteiger partial charge on any atom is -0.494 e. The van der Waals surface area contributed by atoms with Gasteiger partial charge in [0.2, 0.25) is 0 Å². The molecule has 0 fully saturated rings. The average molecular weight is 527 g/mol. The fourth-order valence-corrected chi connectivity index (χ4v) is 4.83. The van der Waals surface area contributed by atoms with Crippen molar-refractivity contribution >= 4 is 33.2 Å². The molecular formula is C22H21ClF2N4O5S. The van der Waals surface area contributed by atoms with E-state index in [1.807, 2.05) is 5.43 Å². The van der Waals surface area contributed by atoms with Gasteiger partial charge in [0.1, 0.15) is 28.9 Å². The molecule has 9 nitrogen and oxygen atoms in total. The molecule has 0 aliphatic rings. The zero-order valence-corrected chi connectivity index (χ0v) is 19.8. The highest BCUT2D eigenvalue weighted by molar-refractivity contribution is 7.92. The van der Waals surface area contributed by atoms with Gasteiger partial charge in [0.15, 0.2) is 5.75 Å². The van der Waals surface area contributed by atoms with Gasteiger partial charge in [-0.1, -0.05) is 29.8 Å². The first-order chi connectivity index (χ1) is 16.6. The quantitative estimate of drug-likeness (QED) is 0.190. The summed E-state index contributed by atoms with van der Waals surface area (Å²) in [5.74, 6) is 2.13. The molecule has 0 aromatic heterocycles. The molecule has 0 aliphatic heterocycles. The van der Waals surface area contributed by atoms with E-state index in [9.17, 15) is 22.0 Å². The summed E-state index contributed by atoms with van der Waals surface area (Å²) in [4.78, 5) is 11.4. The molecule has 6 N–H and O–H groups in total. The van der Waals surface area contributed by atoms with Crippen molar-refractivity contribution in [3.63, 3.8) is 0 Å². The summed E-state index contributed by atoms with van der Waals surface area (Å²) in [6, 6.07) is 9.98. The van der Waals surface area contributed by atoms with Crippen LogP contribution in [-0.4, -0.2) is 34.6 Å². The Hall–Kier alpha value is -3.45. The van der Waals surface area contributed by atoms with Crippen LogP contribution in [0.5, 0.6) is 11.5 Å². The number of hydrogen-bond acceptors (Lipinski definition) is 7. The first-order valence-electron chi connectivity index (χ1n) is 9.95. The molecule has 0 atom stereocenters. The lowest BCUT2D eigenvalue weighted by atomic mass is 10.0. The monoisotopic (exact) mass is 526 g/mol. The predicted octanol–water partition coefficient (Wildman–Crippen LogP) is 3.04. The van der Waals surface area contributed by atoms with Gasteiger partial charge in [0.05, 0.1) is 17.8 Å². The molecule has 0 saturated heterocycles. The van der Waals surface area contributed by atoms with Crippen molar-refractivity contribution in [1.82, 2.24) is 5.43 Å². The van der Waals surface area contributed by atoms with Gasteiger partial charge < -0.3 is 15.2 Å². The van der Waals surface area contributed by atoms with Crippen molar-refractivity contribution in [3.05, 3.63) is 70.8 Å². The Bertz CT molecular complexity index is 1370. The van der Waals surface area contributed by atoms with E-state index in [-0.39, 0.29) is 46.4 Å². The minimum atomic E-state index is -4.59. The number of nitrogens with two attached hydrogens (primary N) is 2. The van der Waals surface area contributed by atoms with Crippen LogP contribution in [0.4, 0.5) is 14.5 Å². The lowest BCUT2D eigenvalue weighted by Crippen LogP contribution is -2.30. The second kappa shape index (κ2) is 10.9. The molecule has 13 heteroatoms. The highest BCUT2D eigenvalue weighted by atomic mass is 35.5. The Morgan fingerprint density at radius 3 is 2.46 bits per heavy atom. The number of anilines is 1. The molecule has 0 aliphatic carbocycles. The van der Waals surface area contributed by atoms with Crippen molar-refractivity contribution in [1.29, 1.82) is 0 Å². The minimum absolute atomic E-state index is 0.127. The summed E-state index contributed by atoms with van der Waals surface area (Å²) in [5, 5.41) is -0.208. The van der Waals surface area contributed by atoms with Crippen LogP contribution in [0.1, 0.15) is 10.4 Å². The van der Waals surface area contributed by atoms with Gasteiger partial charge in [-0.2, -0.15) is 0 Å². The lowest BCUT2D eigenvalue weighted by molar-refractivity contribution is 0.0953. The van der Waals surface area contributed by atoms with Crippen molar-refractivity contribution in [3.8, 4) is 22.6 Å². The number of rotatable bonds is 9. The van der Waals surface area contributed by atoms with Crippen LogP contribution in [0.15, 0.2) is 53.4 Å². The number of amides is 1. The molecular weight excluding hydrogens is 506 g/mol. The van der Waals surface area contributed by atoms with E-state index in [2.05, 4.69) is 4.72 Å². The summed E-state index contributed by atoms with van der Waals surface area (Å²) in [6.07, 6.45) is 0. The number of hydrazine groups is 1. The second-order valence-electron chi connectivity index (χ2n) is 7.01. The number of carbonyl (C=O) groups excluding carboxylic acids is 1. The third-order valence-electron chi connectivity index (χ3n) is 4.75. The van der Waals surface area contributed by atoms with Gasteiger partial charge in [-0.3, -0.25) is 14.9 Å². The molecule has 0 heterocycles. The number of nitrogens with one attached hydrogen (secondary N) is 2. The topological polar surface area (TPSA) is 146 Å². The molecule has 186 valence electrons. The van der Waals surface area contributed by atoms with Crippen LogP contribution in [0.25, 0.3) is 11.1 Å². The average Bonchev–Trinajstić information content (AvgIpc) is 2.83. The maximum Gasteiger partial charge on any atom is 0.265 e. The number of sulfonamides is 1. The van der Waals surface area contributed by atoms with Gasteiger partial charge in [0, 0.05) is 29.3 Å². The molecule has 0 spiro atoms. The van der Waals surface area contributed by atoms with E-state index >= 15 is 0 Å². The Kier molecular flexibility index (Phi) is 8.12. The SMILES string of the molecule is COc1c(Cl)cc(C(=O)NN)cc1S(=O)(=O)Nc1cc(-c2ccccc2OCCN)c(F)cc1F. The summed E-state index contributed by atoms with van der Waals surface area (Å²) >= 11 is 6.08. The van der Waals surface area contributed by atoms with Crippen LogP contribution in [0.3, 0.4) is 0 Å². The molecule has 0 radical (unpaired) electrons. The van der Waals surface area contributed by atoms with E-state index in [4.69, 9.17) is 32.7 Å². The number of carbonyl (C=O) groups is 1. The molecule has 0 bridgehead atoms. The maximum atomic E-state index is 14.7. The third-order valence-corrected chi connectivity index (χ3v) is 6.40. The van der Waals surface area contributed by atoms with Gasteiger partial charge in [-0.05, 0) is 24.3 Å². The second-order valence-corrected chi connectivity index (χ2v) is 9.07. The summed E-state index contributed by atoms with van der Waals surface area (Å²) in [7, 11) is -3.43. The number of hydrogen-bond donors (Lipinski definition) is 4. The van der Waals surface area contributed by atoms with Crippen LogP contribution in [0, 0.1) is 11.6 Å². The summed E-state index contributed by atoms with van der Waals surface area (Å²) in [6.45, 7) is 0.351. The smallest absolute Gasteiger partial charge is 0.265 e. The zero-order chi connectivity index (χ0) is 25.8. The standard InChI is InChI=1S/C22H21ClF2N4O5S/c1-33-21-15(23)8-12(22(30)28-27)9-20(21)35(31,32)29-18-10-14(16(24)11-17(18)25)13-4-2-3-5-19(13)34-7-6-26/h2-5,8-11,29H,6-7,26-27H2,1H3,(H,28,30). The van der Waals surface area contributed by atoms with Gasteiger partial charge in [0.25, 0.3) is 15.9 Å². The van der Waals surface area contributed by atoms with Gasteiger partial charge in [-0.15, -0.1) is 0 Å². The van der Waals surface area contributed by atoms with Crippen LogP contribution in [0.2, 0.25) is 5.02 Å². The molecule has 0 saturated carbocycles. The molecule has 3 rings (SSSR count). The number of halogens is 3. The highest BCUT2D eigenvalue weighted by Gasteiger charge is 2.26. The van der Waals surface area contributed by atoms with Gasteiger partial charge >= 0.3 is 0 Å². The first-order valence-corrected chi connectivity index (χ1v) is 11.8. The number of benzene rings is 3. The Labute approximate surface area is 205 Å². The fourth-order valence-electron chi connectivity index (χ4n) is 3.20. The van der Waals surface area contributed by atoms with E-state index in [0.717, 1.165) is 25.3 Å². The maximum absolute atomic E-state index is 14.7. The van der Waals surface area contributed by atoms with E-state index in [1.165, 1.54) is 6.07 Å². The molecule has 1 amide bonds. The van der Waals surface area contributed by atoms with E-state index < -0.39 is 38.1 Å². The van der Waals surface area contributed by atoms with Crippen molar-refractivity contribution in [2.45, 2.75) is 4.90 Å². The number of nitrogen functional groups attached to an aromatic ring is 1. The van der Waals surface area contributed by atoms with Crippen LogP contribution >= 0.6 is 11.6 Å². The molecule has 35 heavy (non-hydrogen) atoms. The molecule has 0 unspecified atom stereocenters. The van der Waals surface area contributed by atoms with Crippen molar-refractivity contribution in [2.24, 2.45) is 11.6 Å². The third kappa shape index (κ3) is 5.62. The largest absolute Gasteiger partial charge is 0.494 e. The number of para-hydroxylation sites is 1. The fraction of sp³-hybridized carbons (Fsp3) is 0.136. The Morgan fingerprint density at radius 2 is 1.80 bits per heavy atom. The Balaban J connectivity index is 2.11. The number of methoxy groups -OCH3 is 1. The number of ether oxygens (including phenoxy) is 2. The highest BCUT2D eigenvalue weighted by Crippen LogP contribution is 2.37. The summed E-state index contributed by atoms with van der Waals surface area (Å²) in [5.41, 5.74) is 6.69. The van der Waals surface area contributed by atoms with E-state index in [1.54, 1.807) is 18.2 Å². The van der Waals surface area contributed by atoms with Crippen LogP contribution in [-0.2, 0) is 10.0 Å².